The van der Waals surface area contributed by atoms with Gasteiger partial charge in [0.15, 0.2) is 9.84 Å². The number of thioether (sulfide) groups is 1. The third-order valence-corrected chi connectivity index (χ3v) is 6.37. The summed E-state index contributed by atoms with van der Waals surface area (Å²) in [4.78, 5) is 15.1. The molecule has 0 aliphatic carbocycles. The maximum atomic E-state index is 12.3. The van der Waals surface area contributed by atoms with Crippen LogP contribution in [0, 0.1) is 0 Å². The Morgan fingerprint density at radius 3 is 2.45 bits per heavy atom. The first-order valence-corrected chi connectivity index (χ1v) is 10.3. The molecule has 1 amide bonds. The molecule has 0 bridgehead atoms. The number of carbonyl (C=O) groups is 1. The number of rotatable bonds is 5. The highest BCUT2D eigenvalue weighted by Gasteiger charge is 2.32. The van der Waals surface area contributed by atoms with Crippen molar-refractivity contribution in [3.63, 3.8) is 0 Å². The summed E-state index contributed by atoms with van der Waals surface area (Å²) in [6.07, 6.45) is 2.13. The quantitative estimate of drug-likeness (QED) is 0.772. The second-order valence-corrected chi connectivity index (χ2v) is 10.0. The molecule has 0 N–H and O–H groups in total. The Morgan fingerprint density at radius 1 is 1.32 bits per heavy atom. The standard InChI is InChI=1S/C16H23NO3S2/c1-12(2)21-14-6-4-13(5-7-14)10-16(18)17-9-8-15(11-17)22(3,19)20/h4-7,12,15H,8-11H2,1-3H3/t15-/m0/s1. The van der Waals surface area contributed by atoms with Gasteiger partial charge in [-0.3, -0.25) is 4.79 Å². The van der Waals surface area contributed by atoms with Crippen molar-refractivity contribution in [2.45, 2.75) is 42.1 Å². The van der Waals surface area contributed by atoms with Crippen LogP contribution in [-0.4, -0.2) is 49.1 Å². The van der Waals surface area contributed by atoms with E-state index in [2.05, 4.69) is 13.8 Å². The normalized spacial score (nSPS) is 18.9. The largest absolute Gasteiger partial charge is 0.341 e. The summed E-state index contributed by atoms with van der Waals surface area (Å²) < 4.78 is 23.1. The lowest BCUT2D eigenvalue weighted by molar-refractivity contribution is -0.129. The lowest BCUT2D eigenvalue weighted by Gasteiger charge is -2.16. The van der Waals surface area contributed by atoms with E-state index in [0.717, 1.165) is 5.56 Å². The number of hydrogen-bond acceptors (Lipinski definition) is 4. The smallest absolute Gasteiger partial charge is 0.227 e. The Bertz CT molecular complexity index is 623. The van der Waals surface area contributed by atoms with E-state index in [9.17, 15) is 13.2 Å². The highest BCUT2D eigenvalue weighted by Crippen LogP contribution is 2.23. The van der Waals surface area contributed by atoms with Gasteiger partial charge in [-0.2, -0.15) is 0 Å². The fourth-order valence-corrected chi connectivity index (χ4v) is 4.37. The average molecular weight is 341 g/mol. The second-order valence-electron chi connectivity index (χ2n) is 6.07. The van der Waals surface area contributed by atoms with Crippen LogP contribution in [0.1, 0.15) is 25.8 Å². The SMILES string of the molecule is CC(C)Sc1ccc(CC(=O)N2CC[C@H](S(C)(=O)=O)C2)cc1. The summed E-state index contributed by atoms with van der Waals surface area (Å²) in [7, 11) is -3.06. The van der Waals surface area contributed by atoms with Gasteiger partial charge in [-0.05, 0) is 24.1 Å². The lowest BCUT2D eigenvalue weighted by Crippen LogP contribution is -2.32. The van der Waals surface area contributed by atoms with Gasteiger partial charge in [0.1, 0.15) is 0 Å². The average Bonchev–Trinajstić information content (AvgIpc) is 2.90. The highest BCUT2D eigenvalue weighted by atomic mass is 32.2. The van der Waals surface area contributed by atoms with Gasteiger partial charge in [0.25, 0.3) is 0 Å². The Balaban J connectivity index is 1.92. The molecule has 4 nitrogen and oxygen atoms in total. The van der Waals surface area contributed by atoms with E-state index >= 15 is 0 Å². The number of likely N-dealkylation sites (tertiary alicyclic amines) is 1. The zero-order chi connectivity index (χ0) is 16.3. The van der Waals surface area contributed by atoms with Crippen LogP contribution in [-0.2, 0) is 21.1 Å². The fraction of sp³-hybridized carbons (Fsp3) is 0.562. The monoisotopic (exact) mass is 341 g/mol. The first-order chi connectivity index (χ1) is 10.3. The van der Waals surface area contributed by atoms with Gasteiger partial charge < -0.3 is 4.90 Å². The first kappa shape index (κ1) is 17.3. The van der Waals surface area contributed by atoms with Gasteiger partial charge >= 0.3 is 0 Å². The third kappa shape index (κ3) is 4.74. The van der Waals surface area contributed by atoms with Crippen LogP contribution >= 0.6 is 11.8 Å². The highest BCUT2D eigenvalue weighted by molar-refractivity contribution is 7.99. The number of sulfone groups is 1. The van der Waals surface area contributed by atoms with Gasteiger partial charge in [-0.1, -0.05) is 26.0 Å². The van der Waals surface area contributed by atoms with Crippen LogP contribution in [0.4, 0.5) is 0 Å². The maximum absolute atomic E-state index is 12.3. The van der Waals surface area contributed by atoms with Crippen molar-refractivity contribution in [3.05, 3.63) is 29.8 Å². The van der Waals surface area contributed by atoms with Gasteiger partial charge in [0, 0.05) is 29.5 Å². The molecule has 0 spiro atoms. The van der Waals surface area contributed by atoms with Crippen LogP contribution < -0.4 is 0 Å². The van der Waals surface area contributed by atoms with Crippen molar-refractivity contribution < 1.29 is 13.2 Å². The molecule has 1 saturated heterocycles. The van der Waals surface area contributed by atoms with E-state index in [1.807, 2.05) is 24.3 Å². The molecule has 0 aromatic heterocycles. The second kappa shape index (κ2) is 7.04. The van der Waals surface area contributed by atoms with Crippen molar-refractivity contribution >= 4 is 27.5 Å². The Labute approximate surface area is 137 Å². The predicted octanol–water partition coefficient (Wildman–Crippen LogP) is 2.38. The molecule has 1 aromatic carbocycles. The summed E-state index contributed by atoms with van der Waals surface area (Å²) in [5, 5.41) is 0.131. The summed E-state index contributed by atoms with van der Waals surface area (Å²) in [5.74, 6) is 0.00964. The maximum Gasteiger partial charge on any atom is 0.227 e. The van der Waals surface area contributed by atoms with Crippen LogP contribution in [0.5, 0.6) is 0 Å². The summed E-state index contributed by atoms with van der Waals surface area (Å²) in [5.41, 5.74) is 0.973. The number of nitrogens with zero attached hydrogens (tertiary/aromatic N) is 1. The molecule has 0 unspecified atom stereocenters. The van der Waals surface area contributed by atoms with E-state index in [0.29, 0.717) is 31.2 Å². The van der Waals surface area contributed by atoms with Crippen LogP contribution in [0.25, 0.3) is 0 Å². The first-order valence-electron chi connectivity index (χ1n) is 7.48. The molecule has 1 atom stereocenters. The molecule has 1 fully saturated rings. The number of amides is 1. The molecule has 2 rings (SSSR count). The van der Waals surface area contributed by atoms with E-state index in [-0.39, 0.29) is 5.91 Å². The Kier molecular flexibility index (Phi) is 5.55. The molecule has 1 aliphatic heterocycles. The molecular formula is C16H23NO3S2. The minimum absolute atomic E-state index is 0.00964. The van der Waals surface area contributed by atoms with E-state index in [4.69, 9.17) is 0 Å². The zero-order valence-electron chi connectivity index (χ0n) is 13.3. The molecule has 0 saturated carbocycles. The van der Waals surface area contributed by atoms with Gasteiger partial charge in [-0.15, -0.1) is 11.8 Å². The summed E-state index contributed by atoms with van der Waals surface area (Å²) >= 11 is 1.79. The van der Waals surface area contributed by atoms with Crippen molar-refractivity contribution in [1.29, 1.82) is 0 Å². The predicted molar refractivity (Wildman–Crippen MR) is 91.0 cm³/mol. The van der Waals surface area contributed by atoms with Crippen LogP contribution in [0.3, 0.4) is 0 Å². The molecule has 1 aliphatic rings. The Hall–Kier alpha value is -1.01. The summed E-state index contributed by atoms with van der Waals surface area (Å²) in [6.45, 7) is 5.16. The van der Waals surface area contributed by atoms with Crippen molar-refractivity contribution in [1.82, 2.24) is 4.90 Å². The Morgan fingerprint density at radius 2 is 1.95 bits per heavy atom. The number of hydrogen-bond donors (Lipinski definition) is 0. The molecule has 0 radical (unpaired) electrons. The van der Waals surface area contributed by atoms with Crippen LogP contribution in [0.15, 0.2) is 29.2 Å². The third-order valence-electron chi connectivity index (χ3n) is 3.75. The van der Waals surface area contributed by atoms with Gasteiger partial charge in [0.05, 0.1) is 11.7 Å². The summed E-state index contributed by atoms with van der Waals surface area (Å²) in [6, 6.07) is 8.03. The van der Waals surface area contributed by atoms with Crippen LogP contribution in [0.2, 0.25) is 0 Å². The van der Waals surface area contributed by atoms with Crippen molar-refractivity contribution in [2.75, 3.05) is 19.3 Å². The van der Waals surface area contributed by atoms with E-state index in [1.54, 1.807) is 16.7 Å². The van der Waals surface area contributed by atoms with Gasteiger partial charge in [-0.25, -0.2) is 8.42 Å². The molecule has 6 heteroatoms. The van der Waals surface area contributed by atoms with E-state index < -0.39 is 15.1 Å². The zero-order valence-corrected chi connectivity index (χ0v) is 14.9. The number of benzene rings is 1. The lowest BCUT2D eigenvalue weighted by atomic mass is 10.1. The fourth-order valence-electron chi connectivity index (χ4n) is 2.55. The van der Waals surface area contributed by atoms with Crippen molar-refractivity contribution in [3.8, 4) is 0 Å². The minimum atomic E-state index is -3.06. The topological polar surface area (TPSA) is 54.5 Å². The number of carbonyl (C=O) groups excluding carboxylic acids is 1. The van der Waals surface area contributed by atoms with E-state index in [1.165, 1.54) is 11.2 Å². The molecule has 122 valence electrons. The van der Waals surface area contributed by atoms with Gasteiger partial charge in [0.2, 0.25) is 5.91 Å². The minimum Gasteiger partial charge on any atom is -0.341 e. The molecule has 22 heavy (non-hydrogen) atoms. The molecule has 1 heterocycles. The molecular weight excluding hydrogens is 318 g/mol. The molecule has 1 aromatic rings. The van der Waals surface area contributed by atoms with Crippen molar-refractivity contribution in [2.24, 2.45) is 0 Å².